The third kappa shape index (κ3) is 4.13. The molecule has 0 aliphatic rings. The van der Waals surface area contributed by atoms with Crippen LogP contribution in [0.3, 0.4) is 0 Å². The number of hydrogen-bond acceptors (Lipinski definition) is 5. The molecule has 2 rings (SSSR count). The Bertz CT molecular complexity index is 978. The van der Waals surface area contributed by atoms with E-state index in [2.05, 4.69) is 10.3 Å². The molecule has 7 nitrogen and oxygen atoms in total. The van der Waals surface area contributed by atoms with Crippen molar-refractivity contribution in [2.24, 2.45) is 0 Å². The summed E-state index contributed by atoms with van der Waals surface area (Å²) in [5.41, 5.74) is 6.65. The number of nitrogens with one attached hydrogen (secondary N) is 2. The fourth-order valence-electron chi connectivity index (χ4n) is 3.04. The van der Waals surface area contributed by atoms with Gasteiger partial charge in [-0.2, -0.15) is 0 Å². The van der Waals surface area contributed by atoms with Crippen molar-refractivity contribution in [1.82, 2.24) is 10.3 Å². The summed E-state index contributed by atoms with van der Waals surface area (Å²) < 4.78 is 36.1. The molecule has 28 heavy (non-hydrogen) atoms. The second kappa shape index (κ2) is 8.20. The molecule has 0 aromatic heterocycles. The Hall–Kier alpha value is -2.58. The second-order valence-electron chi connectivity index (χ2n) is 6.62. The SMILES string of the molecule is COc1cc(OC)cc(C(=O)NNS(=O)(=O)c2c(C)c(C)c(C)c(C)c2C)c1. The minimum Gasteiger partial charge on any atom is -0.497 e. The van der Waals surface area contributed by atoms with Crippen molar-refractivity contribution < 1.29 is 22.7 Å². The highest BCUT2D eigenvalue weighted by Crippen LogP contribution is 2.29. The van der Waals surface area contributed by atoms with E-state index in [0.717, 1.165) is 16.7 Å². The van der Waals surface area contributed by atoms with Gasteiger partial charge in [-0.05, 0) is 74.6 Å². The van der Waals surface area contributed by atoms with E-state index < -0.39 is 15.9 Å². The van der Waals surface area contributed by atoms with E-state index in [1.165, 1.54) is 26.4 Å². The number of methoxy groups -OCH3 is 2. The van der Waals surface area contributed by atoms with E-state index >= 15 is 0 Å². The van der Waals surface area contributed by atoms with Crippen LogP contribution >= 0.6 is 0 Å². The Kier molecular flexibility index (Phi) is 6.36. The Morgan fingerprint density at radius 1 is 0.786 bits per heavy atom. The number of hydrazine groups is 1. The summed E-state index contributed by atoms with van der Waals surface area (Å²) in [6.45, 7) is 9.26. The van der Waals surface area contributed by atoms with Gasteiger partial charge < -0.3 is 9.47 Å². The Balaban J connectivity index is 2.34. The van der Waals surface area contributed by atoms with E-state index in [1.54, 1.807) is 19.9 Å². The van der Waals surface area contributed by atoms with Crippen LogP contribution in [0.25, 0.3) is 0 Å². The van der Waals surface area contributed by atoms with E-state index in [-0.39, 0.29) is 10.5 Å². The Labute approximate surface area is 166 Å². The van der Waals surface area contributed by atoms with Crippen molar-refractivity contribution in [3.8, 4) is 11.5 Å². The summed E-state index contributed by atoms with van der Waals surface area (Å²) in [6, 6.07) is 4.59. The number of sulfonamides is 1. The molecule has 0 aliphatic carbocycles. The van der Waals surface area contributed by atoms with Crippen LogP contribution < -0.4 is 19.7 Å². The average molecular weight is 407 g/mol. The van der Waals surface area contributed by atoms with Gasteiger partial charge in [-0.3, -0.25) is 10.2 Å². The largest absolute Gasteiger partial charge is 0.497 e. The average Bonchev–Trinajstić information content (AvgIpc) is 2.68. The molecule has 0 heterocycles. The van der Waals surface area contributed by atoms with Gasteiger partial charge in [0.25, 0.3) is 15.9 Å². The quantitative estimate of drug-likeness (QED) is 0.720. The number of rotatable bonds is 6. The molecule has 152 valence electrons. The topological polar surface area (TPSA) is 93.7 Å². The first-order valence-electron chi connectivity index (χ1n) is 8.65. The van der Waals surface area contributed by atoms with Crippen molar-refractivity contribution >= 4 is 15.9 Å². The molecular weight excluding hydrogens is 380 g/mol. The van der Waals surface area contributed by atoms with Gasteiger partial charge in [-0.1, -0.05) is 0 Å². The van der Waals surface area contributed by atoms with Gasteiger partial charge in [0.2, 0.25) is 0 Å². The molecule has 0 unspecified atom stereocenters. The zero-order chi connectivity index (χ0) is 21.2. The fraction of sp³-hybridized carbons (Fsp3) is 0.350. The molecular formula is C20H26N2O5S. The monoisotopic (exact) mass is 406 g/mol. The Morgan fingerprint density at radius 3 is 1.64 bits per heavy atom. The van der Waals surface area contributed by atoms with Crippen LogP contribution in [-0.2, 0) is 10.0 Å². The summed E-state index contributed by atoms with van der Waals surface area (Å²) in [7, 11) is -1.03. The van der Waals surface area contributed by atoms with Crippen LogP contribution in [0.15, 0.2) is 23.1 Å². The second-order valence-corrected chi connectivity index (χ2v) is 8.23. The smallest absolute Gasteiger partial charge is 0.266 e. The van der Waals surface area contributed by atoms with Crippen LogP contribution in [0.2, 0.25) is 0 Å². The van der Waals surface area contributed by atoms with Crippen LogP contribution in [0, 0.1) is 34.6 Å². The van der Waals surface area contributed by atoms with Gasteiger partial charge in [-0.25, -0.2) is 8.42 Å². The molecule has 2 aromatic carbocycles. The number of ether oxygens (including phenoxy) is 2. The summed E-state index contributed by atoms with van der Waals surface area (Å²) in [4.78, 5) is 14.8. The normalized spacial score (nSPS) is 11.2. The first-order valence-corrected chi connectivity index (χ1v) is 10.1. The fourth-order valence-corrected chi connectivity index (χ4v) is 4.49. The zero-order valence-corrected chi connectivity index (χ0v) is 18.0. The predicted molar refractivity (Wildman–Crippen MR) is 107 cm³/mol. The van der Waals surface area contributed by atoms with Crippen molar-refractivity contribution in [3.05, 3.63) is 51.6 Å². The summed E-state index contributed by atoms with van der Waals surface area (Å²) >= 11 is 0. The number of amides is 1. The predicted octanol–water partition coefficient (Wildman–Crippen LogP) is 2.87. The first-order chi connectivity index (χ1) is 13.0. The van der Waals surface area contributed by atoms with E-state index in [4.69, 9.17) is 9.47 Å². The number of benzene rings is 2. The number of hydrogen-bond donors (Lipinski definition) is 2. The lowest BCUT2D eigenvalue weighted by atomic mass is 9.95. The summed E-state index contributed by atoms with van der Waals surface area (Å²) in [5.74, 6) is 0.212. The molecule has 2 aromatic rings. The van der Waals surface area contributed by atoms with Crippen LogP contribution in [0.1, 0.15) is 38.2 Å². The van der Waals surface area contributed by atoms with Gasteiger partial charge in [-0.15, -0.1) is 4.83 Å². The minimum absolute atomic E-state index is 0.177. The van der Waals surface area contributed by atoms with Gasteiger partial charge in [0, 0.05) is 11.6 Å². The minimum atomic E-state index is -3.96. The lowest BCUT2D eigenvalue weighted by Gasteiger charge is -2.19. The molecule has 0 saturated carbocycles. The molecule has 0 aliphatic heterocycles. The molecule has 0 saturated heterocycles. The van der Waals surface area contributed by atoms with Crippen molar-refractivity contribution in [2.75, 3.05) is 14.2 Å². The highest BCUT2D eigenvalue weighted by Gasteiger charge is 2.24. The van der Waals surface area contributed by atoms with Crippen LogP contribution in [-0.4, -0.2) is 28.5 Å². The lowest BCUT2D eigenvalue weighted by Crippen LogP contribution is -2.42. The van der Waals surface area contributed by atoms with Gasteiger partial charge in [0.1, 0.15) is 11.5 Å². The van der Waals surface area contributed by atoms with E-state index in [1.807, 2.05) is 20.8 Å². The molecule has 1 amide bonds. The highest BCUT2D eigenvalue weighted by molar-refractivity contribution is 7.89. The molecule has 8 heteroatoms. The van der Waals surface area contributed by atoms with Crippen molar-refractivity contribution in [2.45, 2.75) is 39.5 Å². The maximum atomic E-state index is 12.9. The maximum absolute atomic E-state index is 12.9. The zero-order valence-electron chi connectivity index (χ0n) is 17.2. The molecule has 0 spiro atoms. The summed E-state index contributed by atoms with van der Waals surface area (Å²) in [5, 5.41) is 0. The van der Waals surface area contributed by atoms with Crippen LogP contribution in [0.4, 0.5) is 0 Å². The van der Waals surface area contributed by atoms with Gasteiger partial charge in [0.05, 0.1) is 19.1 Å². The number of carbonyl (C=O) groups is 1. The van der Waals surface area contributed by atoms with Crippen molar-refractivity contribution in [3.63, 3.8) is 0 Å². The molecule has 0 bridgehead atoms. The molecule has 0 fully saturated rings. The van der Waals surface area contributed by atoms with Crippen molar-refractivity contribution in [1.29, 1.82) is 0 Å². The maximum Gasteiger partial charge on any atom is 0.266 e. The molecule has 2 N–H and O–H groups in total. The first kappa shape index (κ1) is 21.7. The number of carbonyl (C=O) groups excluding carboxylic acids is 1. The highest BCUT2D eigenvalue weighted by atomic mass is 32.2. The third-order valence-corrected chi connectivity index (χ3v) is 6.63. The summed E-state index contributed by atoms with van der Waals surface area (Å²) in [6.07, 6.45) is 0. The molecule has 0 radical (unpaired) electrons. The van der Waals surface area contributed by atoms with Gasteiger partial charge >= 0.3 is 0 Å². The van der Waals surface area contributed by atoms with Gasteiger partial charge in [0.15, 0.2) is 0 Å². The molecule has 0 atom stereocenters. The third-order valence-electron chi connectivity index (χ3n) is 5.11. The van der Waals surface area contributed by atoms with E-state index in [9.17, 15) is 13.2 Å². The lowest BCUT2D eigenvalue weighted by molar-refractivity contribution is 0.0944. The van der Waals surface area contributed by atoms with E-state index in [0.29, 0.717) is 22.6 Å². The van der Waals surface area contributed by atoms with Crippen LogP contribution in [0.5, 0.6) is 11.5 Å². The standard InChI is InChI=1S/C20H26N2O5S/c1-11-12(2)14(4)19(15(5)13(11)3)28(24,25)22-21-20(23)16-8-17(26-6)10-18(9-16)27-7/h8-10,22H,1-7H3,(H,21,23). The Morgan fingerprint density at radius 2 is 1.21 bits per heavy atom.